The molecule has 0 bridgehead atoms. The minimum Gasteiger partial charge on any atom is -0.395 e. The number of aliphatic hydroxyl groups excluding tert-OH is 1. The molecule has 19 heavy (non-hydrogen) atoms. The highest BCUT2D eigenvalue weighted by Crippen LogP contribution is 2.08. The summed E-state index contributed by atoms with van der Waals surface area (Å²) in [4.78, 5) is 2.47. The zero-order valence-electron chi connectivity index (χ0n) is 11.7. The van der Waals surface area contributed by atoms with E-state index in [-0.39, 0.29) is 12.6 Å². The second-order valence-corrected chi connectivity index (χ2v) is 5.43. The van der Waals surface area contributed by atoms with E-state index in [1.807, 2.05) is 6.07 Å². The summed E-state index contributed by atoms with van der Waals surface area (Å²) in [5.41, 5.74) is 1.35. The van der Waals surface area contributed by atoms with Crippen molar-refractivity contribution in [1.29, 1.82) is 0 Å². The molecule has 1 atom stereocenters. The molecule has 2 rings (SSSR count). The van der Waals surface area contributed by atoms with E-state index in [4.69, 9.17) is 0 Å². The smallest absolute Gasteiger partial charge is 0.0597 e. The highest BCUT2D eigenvalue weighted by Gasteiger charge is 2.15. The lowest BCUT2D eigenvalue weighted by molar-refractivity contribution is 0.163. The van der Waals surface area contributed by atoms with Gasteiger partial charge in [0.1, 0.15) is 0 Å². The molecule has 3 nitrogen and oxygen atoms in total. The van der Waals surface area contributed by atoms with Crippen LogP contribution in [0.25, 0.3) is 0 Å². The summed E-state index contributed by atoms with van der Waals surface area (Å²) < 4.78 is 0. The van der Waals surface area contributed by atoms with E-state index >= 15 is 0 Å². The largest absolute Gasteiger partial charge is 0.395 e. The number of nitrogens with one attached hydrogen (secondary N) is 1. The molecule has 1 aliphatic heterocycles. The van der Waals surface area contributed by atoms with Crippen molar-refractivity contribution in [1.82, 2.24) is 10.2 Å². The Morgan fingerprint density at radius 3 is 2.53 bits per heavy atom. The molecule has 1 aliphatic rings. The molecule has 1 saturated heterocycles. The third kappa shape index (κ3) is 5.31. The predicted octanol–water partition coefficient (Wildman–Crippen LogP) is 1.67. The second kappa shape index (κ2) is 8.31. The SMILES string of the molecule is OC[C@@H](CN1CCCCC1)NCCc1ccccc1. The van der Waals surface area contributed by atoms with E-state index in [1.165, 1.54) is 37.9 Å². The molecule has 1 aromatic carbocycles. The molecule has 0 saturated carbocycles. The van der Waals surface area contributed by atoms with Crippen LogP contribution in [-0.2, 0) is 6.42 Å². The lowest BCUT2D eigenvalue weighted by atomic mass is 10.1. The van der Waals surface area contributed by atoms with Crippen LogP contribution in [0.5, 0.6) is 0 Å². The zero-order chi connectivity index (χ0) is 13.3. The van der Waals surface area contributed by atoms with Crippen LogP contribution >= 0.6 is 0 Å². The van der Waals surface area contributed by atoms with Gasteiger partial charge in [0, 0.05) is 12.6 Å². The minimum absolute atomic E-state index is 0.210. The third-order valence-electron chi connectivity index (χ3n) is 3.84. The molecular weight excluding hydrogens is 236 g/mol. The van der Waals surface area contributed by atoms with E-state index in [2.05, 4.69) is 34.5 Å². The lowest BCUT2D eigenvalue weighted by Gasteiger charge is -2.30. The van der Waals surface area contributed by atoms with Gasteiger partial charge < -0.3 is 15.3 Å². The fourth-order valence-corrected chi connectivity index (χ4v) is 2.71. The maximum absolute atomic E-state index is 9.46. The van der Waals surface area contributed by atoms with Gasteiger partial charge in [-0.15, -0.1) is 0 Å². The van der Waals surface area contributed by atoms with Gasteiger partial charge in [0.25, 0.3) is 0 Å². The molecule has 106 valence electrons. The summed E-state index contributed by atoms with van der Waals surface area (Å²) in [6.45, 7) is 4.52. The van der Waals surface area contributed by atoms with Crippen LogP contribution < -0.4 is 5.32 Å². The Morgan fingerprint density at radius 1 is 1.11 bits per heavy atom. The van der Waals surface area contributed by atoms with Crippen LogP contribution in [0.3, 0.4) is 0 Å². The maximum Gasteiger partial charge on any atom is 0.0597 e. The Hall–Kier alpha value is -0.900. The van der Waals surface area contributed by atoms with Gasteiger partial charge in [-0.3, -0.25) is 0 Å². The number of hydrogen-bond acceptors (Lipinski definition) is 3. The van der Waals surface area contributed by atoms with Gasteiger partial charge in [0.05, 0.1) is 6.61 Å². The first-order valence-electron chi connectivity index (χ1n) is 7.49. The highest BCUT2D eigenvalue weighted by molar-refractivity contribution is 5.14. The molecular formula is C16H26N2O. The Labute approximate surface area is 116 Å². The molecule has 2 N–H and O–H groups in total. The first kappa shape index (κ1) is 14.5. The summed E-state index contributed by atoms with van der Waals surface area (Å²) in [5.74, 6) is 0. The zero-order valence-corrected chi connectivity index (χ0v) is 11.7. The first-order chi connectivity index (χ1) is 9.38. The van der Waals surface area contributed by atoms with Crippen LogP contribution in [-0.4, -0.2) is 48.8 Å². The third-order valence-corrected chi connectivity index (χ3v) is 3.84. The summed E-state index contributed by atoms with van der Waals surface area (Å²) in [6.07, 6.45) is 5.00. The van der Waals surface area contributed by atoms with Crippen molar-refractivity contribution in [2.45, 2.75) is 31.7 Å². The molecule has 0 radical (unpaired) electrons. The average Bonchev–Trinajstić information content (AvgIpc) is 2.48. The summed E-state index contributed by atoms with van der Waals surface area (Å²) in [7, 11) is 0. The summed E-state index contributed by atoms with van der Waals surface area (Å²) in [6, 6.07) is 10.7. The Balaban J connectivity index is 1.67. The van der Waals surface area contributed by atoms with Gasteiger partial charge >= 0.3 is 0 Å². The van der Waals surface area contributed by atoms with Crippen LogP contribution in [0.4, 0.5) is 0 Å². The van der Waals surface area contributed by atoms with Crippen molar-refractivity contribution in [2.75, 3.05) is 32.8 Å². The number of nitrogens with zero attached hydrogens (tertiary/aromatic N) is 1. The topological polar surface area (TPSA) is 35.5 Å². The minimum atomic E-state index is 0.210. The molecule has 1 heterocycles. The predicted molar refractivity (Wildman–Crippen MR) is 79.3 cm³/mol. The first-order valence-corrected chi connectivity index (χ1v) is 7.49. The van der Waals surface area contributed by atoms with Crippen LogP contribution in [0, 0.1) is 0 Å². The number of benzene rings is 1. The lowest BCUT2D eigenvalue weighted by Crippen LogP contribution is -2.45. The van der Waals surface area contributed by atoms with Gasteiger partial charge in [-0.05, 0) is 44.5 Å². The fourth-order valence-electron chi connectivity index (χ4n) is 2.71. The number of hydrogen-bond donors (Lipinski definition) is 2. The van der Waals surface area contributed by atoms with E-state index in [9.17, 15) is 5.11 Å². The molecule has 3 heteroatoms. The fraction of sp³-hybridized carbons (Fsp3) is 0.625. The number of likely N-dealkylation sites (tertiary alicyclic amines) is 1. The van der Waals surface area contributed by atoms with Crippen molar-refractivity contribution in [2.24, 2.45) is 0 Å². The van der Waals surface area contributed by atoms with E-state index < -0.39 is 0 Å². The van der Waals surface area contributed by atoms with Gasteiger partial charge in [-0.25, -0.2) is 0 Å². The van der Waals surface area contributed by atoms with E-state index in [0.29, 0.717) is 0 Å². The van der Waals surface area contributed by atoms with Crippen LogP contribution in [0.2, 0.25) is 0 Å². The number of rotatable bonds is 7. The van der Waals surface area contributed by atoms with Crippen LogP contribution in [0.15, 0.2) is 30.3 Å². The molecule has 0 amide bonds. The van der Waals surface area contributed by atoms with Crippen molar-refractivity contribution in [3.8, 4) is 0 Å². The van der Waals surface area contributed by atoms with Crippen molar-refractivity contribution < 1.29 is 5.11 Å². The number of piperidine rings is 1. The highest BCUT2D eigenvalue weighted by atomic mass is 16.3. The second-order valence-electron chi connectivity index (χ2n) is 5.43. The Kier molecular flexibility index (Phi) is 6.34. The van der Waals surface area contributed by atoms with Crippen LogP contribution in [0.1, 0.15) is 24.8 Å². The summed E-state index contributed by atoms with van der Waals surface area (Å²) >= 11 is 0. The van der Waals surface area contributed by atoms with Gasteiger partial charge in [-0.1, -0.05) is 36.8 Å². The Morgan fingerprint density at radius 2 is 1.84 bits per heavy atom. The standard InChI is InChI=1S/C16H26N2O/c19-14-16(13-18-11-5-2-6-12-18)17-10-9-15-7-3-1-4-8-15/h1,3-4,7-8,16-17,19H,2,5-6,9-14H2/t16-/m1/s1. The maximum atomic E-state index is 9.46. The molecule has 0 unspecified atom stereocenters. The van der Waals surface area contributed by atoms with E-state index in [0.717, 1.165) is 19.5 Å². The van der Waals surface area contributed by atoms with Crippen molar-refractivity contribution in [3.63, 3.8) is 0 Å². The number of aliphatic hydroxyl groups is 1. The average molecular weight is 262 g/mol. The van der Waals surface area contributed by atoms with E-state index in [1.54, 1.807) is 0 Å². The molecule has 1 aromatic rings. The van der Waals surface area contributed by atoms with Gasteiger partial charge in [-0.2, -0.15) is 0 Å². The monoisotopic (exact) mass is 262 g/mol. The van der Waals surface area contributed by atoms with Crippen molar-refractivity contribution in [3.05, 3.63) is 35.9 Å². The molecule has 0 aromatic heterocycles. The quantitative estimate of drug-likeness (QED) is 0.784. The molecule has 0 spiro atoms. The summed E-state index contributed by atoms with van der Waals surface area (Å²) in [5, 5.41) is 12.9. The normalized spacial score (nSPS) is 18.4. The van der Waals surface area contributed by atoms with Crippen molar-refractivity contribution >= 4 is 0 Å². The molecule has 1 fully saturated rings. The van der Waals surface area contributed by atoms with Gasteiger partial charge in [0.2, 0.25) is 0 Å². The van der Waals surface area contributed by atoms with Gasteiger partial charge in [0.15, 0.2) is 0 Å². The Bertz CT molecular complexity index is 336. The molecule has 0 aliphatic carbocycles.